The number of hydrogen-bond acceptors (Lipinski definition) is 8. The van der Waals surface area contributed by atoms with E-state index in [0.717, 1.165) is 19.3 Å². The van der Waals surface area contributed by atoms with E-state index in [-0.39, 0.29) is 32.1 Å². The summed E-state index contributed by atoms with van der Waals surface area (Å²) in [5.41, 5.74) is 6.59. The number of nitrogen functional groups attached to an aromatic ring is 1. The van der Waals surface area contributed by atoms with Crippen molar-refractivity contribution in [3.63, 3.8) is 0 Å². The Morgan fingerprint density at radius 2 is 2.00 bits per heavy atom. The number of hydrogen-bond donors (Lipinski definition) is 2. The number of amides is 1. The molecule has 1 aliphatic carbocycles. The highest BCUT2D eigenvalue weighted by Crippen LogP contribution is 2.53. The van der Waals surface area contributed by atoms with Gasteiger partial charge in [-0.1, -0.05) is 26.8 Å². The van der Waals surface area contributed by atoms with Crippen LogP contribution in [0.25, 0.3) is 11.3 Å². The second-order valence-electron chi connectivity index (χ2n) is 10.9. The summed E-state index contributed by atoms with van der Waals surface area (Å²) in [6.07, 6.45) is 2.88. The summed E-state index contributed by atoms with van der Waals surface area (Å²) in [6.45, 7) is 7.26. The van der Waals surface area contributed by atoms with Crippen LogP contribution in [-0.2, 0) is 10.0 Å². The lowest BCUT2D eigenvalue weighted by atomic mass is 10.1. The molecule has 1 atom stereocenters. The summed E-state index contributed by atoms with van der Waals surface area (Å²) in [7, 11) is -4.28. The van der Waals surface area contributed by atoms with Crippen molar-refractivity contribution in [1.29, 1.82) is 0 Å². The molecule has 5 rings (SSSR count). The number of nitrogens with zero attached hydrogens (tertiary/aromatic N) is 3. The van der Waals surface area contributed by atoms with Crippen LogP contribution < -0.4 is 20.1 Å². The van der Waals surface area contributed by atoms with Crippen molar-refractivity contribution < 1.29 is 26.6 Å². The average Bonchev–Trinajstić information content (AvgIpc) is 3.56. The third kappa shape index (κ3) is 5.68. The standard InChI is InChI=1S/C28H32FN5O4S.3H2/c1-17(2)16-38-21-12-19(11-20(29)13-21)23-8-7-22(26(31-23)34-15-18(3)14-28(34)9-10-28)27(35)33-39(36,37)25-6-4-5-24(30)32-25;;;/h4-8,11-13,17-18H,9-10,14-16H2,1-3H3,(H2,30,32)(H,33,35);3*1H. The highest BCUT2D eigenvalue weighted by molar-refractivity contribution is 7.90. The number of sulfonamides is 1. The average molecular weight is 560 g/mol. The molecule has 1 unspecified atom stereocenters. The SMILES string of the molecule is CC(C)COc1cc(F)cc(-c2ccc(C(=O)NS(=O)(=O)c3cccc(N)n3)c(N3CC(C)CC34CC4)n2)c1.[HH].[HH].[HH]. The second kappa shape index (κ2) is 10.1. The molecule has 1 saturated carbocycles. The van der Waals surface area contributed by atoms with Crippen molar-refractivity contribution in [3.05, 3.63) is 59.9 Å². The van der Waals surface area contributed by atoms with Gasteiger partial charge in [0.25, 0.3) is 15.9 Å². The molecule has 1 aromatic carbocycles. The second-order valence-corrected chi connectivity index (χ2v) is 12.6. The summed E-state index contributed by atoms with van der Waals surface area (Å²) in [5.74, 6) is 0.124. The van der Waals surface area contributed by atoms with Gasteiger partial charge in [0.1, 0.15) is 23.2 Å². The Morgan fingerprint density at radius 1 is 1.23 bits per heavy atom. The Kier molecular flexibility index (Phi) is 6.96. The lowest BCUT2D eigenvalue weighted by molar-refractivity contribution is 0.0981. The summed E-state index contributed by atoms with van der Waals surface area (Å²) in [5, 5.41) is -0.357. The molecule has 3 N–H and O–H groups in total. The largest absolute Gasteiger partial charge is 0.493 e. The Bertz CT molecular complexity index is 1540. The number of ether oxygens (including phenoxy) is 1. The summed E-state index contributed by atoms with van der Waals surface area (Å²) < 4.78 is 48.2. The summed E-state index contributed by atoms with van der Waals surface area (Å²) in [4.78, 5) is 24.2. The van der Waals surface area contributed by atoms with Crippen molar-refractivity contribution in [2.45, 2.75) is 50.6 Å². The van der Waals surface area contributed by atoms with Gasteiger partial charge in [-0.15, -0.1) is 0 Å². The van der Waals surface area contributed by atoms with Crippen molar-refractivity contribution in [3.8, 4) is 17.0 Å². The van der Waals surface area contributed by atoms with Crippen molar-refractivity contribution >= 4 is 27.6 Å². The molecular weight excluding hydrogens is 521 g/mol. The van der Waals surface area contributed by atoms with Crippen LogP contribution in [0.5, 0.6) is 5.75 Å². The zero-order valence-electron chi connectivity index (χ0n) is 22.1. The molecule has 11 heteroatoms. The quantitative estimate of drug-likeness (QED) is 0.389. The molecule has 3 heterocycles. The van der Waals surface area contributed by atoms with Crippen LogP contribution >= 0.6 is 0 Å². The smallest absolute Gasteiger partial charge is 0.281 e. The molecule has 3 aromatic rings. The topological polar surface area (TPSA) is 128 Å². The highest BCUT2D eigenvalue weighted by Gasteiger charge is 2.54. The minimum atomic E-state index is -4.28. The first kappa shape index (κ1) is 26.9. The minimum absolute atomic E-state index is 0. The van der Waals surface area contributed by atoms with Crippen LogP contribution in [0.15, 0.2) is 53.6 Å². The van der Waals surface area contributed by atoms with Gasteiger partial charge < -0.3 is 15.4 Å². The first-order chi connectivity index (χ1) is 18.5. The summed E-state index contributed by atoms with van der Waals surface area (Å²) in [6, 6.07) is 11.7. The van der Waals surface area contributed by atoms with Gasteiger partial charge >= 0.3 is 0 Å². The molecular formula is C28H38FN5O4S. The molecule has 2 fully saturated rings. The number of benzene rings is 1. The van der Waals surface area contributed by atoms with Crippen molar-refractivity contribution in [2.75, 3.05) is 23.8 Å². The molecule has 2 aromatic heterocycles. The maximum absolute atomic E-state index is 14.5. The molecule has 9 nitrogen and oxygen atoms in total. The van der Waals surface area contributed by atoms with Crippen LogP contribution in [-0.4, -0.2) is 43.0 Å². The van der Waals surface area contributed by atoms with Gasteiger partial charge in [0.05, 0.1) is 17.9 Å². The fraction of sp³-hybridized carbons (Fsp3) is 0.393. The first-order valence-electron chi connectivity index (χ1n) is 13.0. The third-order valence-corrected chi connectivity index (χ3v) is 8.23. The zero-order valence-corrected chi connectivity index (χ0v) is 23.0. The van der Waals surface area contributed by atoms with E-state index < -0.39 is 21.7 Å². The fourth-order valence-corrected chi connectivity index (χ4v) is 6.06. The van der Waals surface area contributed by atoms with E-state index in [1.54, 1.807) is 12.1 Å². The monoisotopic (exact) mass is 559 g/mol. The summed E-state index contributed by atoms with van der Waals surface area (Å²) >= 11 is 0. The van der Waals surface area contributed by atoms with Crippen molar-refractivity contribution in [1.82, 2.24) is 14.7 Å². The van der Waals surface area contributed by atoms with E-state index in [2.05, 4.69) is 21.5 Å². The maximum Gasteiger partial charge on any atom is 0.281 e. The predicted molar refractivity (Wildman–Crippen MR) is 153 cm³/mol. The van der Waals surface area contributed by atoms with Gasteiger partial charge in [-0.2, -0.15) is 8.42 Å². The molecule has 1 amide bonds. The number of pyridine rings is 2. The van der Waals surface area contributed by atoms with Gasteiger partial charge in [0, 0.05) is 28.0 Å². The normalized spacial score (nSPS) is 18.0. The van der Waals surface area contributed by atoms with Gasteiger partial charge in [-0.05, 0) is 67.5 Å². The van der Waals surface area contributed by atoms with E-state index in [1.165, 1.54) is 36.4 Å². The Morgan fingerprint density at radius 3 is 2.69 bits per heavy atom. The van der Waals surface area contributed by atoms with Crippen LogP contribution in [0.2, 0.25) is 0 Å². The lowest BCUT2D eigenvalue weighted by Crippen LogP contribution is -2.36. The van der Waals surface area contributed by atoms with Gasteiger partial charge in [0.15, 0.2) is 5.03 Å². The molecule has 1 aliphatic heterocycles. The number of nitrogens with one attached hydrogen (secondary N) is 1. The number of rotatable bonds is 8. The fourth-order valence-electron chi connectivity index (χ4n) is 5.12. The number of halogens is 1. The Hall–Kier alpha value is -3.73. The van der Waals surface area contributed by atoms with Crippen LogP contribution in [0, 0.1) is 17.7 Å². The Labute approximate surface area is 232 Å². The van der Waals surface area contributed by atoms with E-state index >= 15 is 0 Å². The van der Waals surface area contributed by atoms with E-state index in [4.69, 9.17) is 15.5 Å². The number of nitrogens with two attached hydrogens (primary N) is 1. The minimum Gasteiger partial charge on any atom is -0.493 e. The van der Waals surface area contributed by atoms with E-state index in [9.17, 15) is 17.6 Å². The molecule has 0 radical (unpaired) electrons. The Balaban J connectivity index is 0.00000205. The van der Waals surface area contributed by atoms with Crippen LogP contribution in [0.1, 0.15) is 54.7 Å². The van der Waals surface area contributed by atoms with E-state index in [1.807, 2.05) is 13.8 Å². The molecule has 39 heavy (non-hydrogen) atoms. The number of carbonyl (C=O) groups excluding carboxylic acids is 1. The predicted octanol–water partition coefficient (Wildman–Crippen LogP) is 5.14. The first-order valence-corrected chi connectivity index (χ1v) is 14.5. The molecule has 2 aliphatic rings. The lowest BCUT2D eigenvalue weighted by Gasteiger charge is -2.28. The molecule has 1 spiro atoms. The number of aromatic nitrogens is 2. The molecule has 0 bridgehead atoms. The van der Waals surface area contributed by atoms with Gasteiger partial charge in [0.2, 0.25) is 0 Å². The van der Waals surface area contributed by atoms with Gasteiger partial charge in [-0.25, -0.2) is 19.1 Å². The molecule has 1 saturated heterocycles. The van der Waals surface area contributed by atoms with Gasteiger partial charge in [-0.3, -0.25) is 4.79 Å². The zero-order chi connectivity index (χ0) is 27.9. The van der Waals surface area contributed by atoms with Crippen molar-refractivity contribution in [2.24, 2.45) is 11.8 Å². The van der Waals surface area contributed by atoms with Crippen LogP contribution in [0.4, 0.5) is 16.0 Å². The number of carbonyl (C=O) groups is 1. The maximum atomic E-state index is 14.5. The molecule has 212 valence electrons. The van der Waals surface area contributed by atoms with Crippen LogP contribution in [0.3, 0.4) is 0 Å². The number of anilines is 2. The van der Waals surface area contributed by atoms with E-state index in [0.29, 0.717) is 41.9 Å². The third-order valence-electron chi connectivity index (χ3n) is 7.00. The highest BCUT2D eigenvalue weighted by atomic mass is 32.2.